The third-order valence-electron chi connectivity index (χ3n) is 2.59. The summed E-state index contributed by atoms with van der Waals surface area (Å²) in [5.41, 5.74) is 2.93. The molecule has 0 saturated carbocycles. The maximum Gasteiger partial charge on any atom is 0.126 e. The summed E-state index contributed by atoms with van der Waals surface area (Å²) in [6.07, 6.45) is 2.53. The van der Waals surface area contributed by atoms with E-state index < -0.39 is 0 Å². The molecule has 2 rings (SSSR count). The second kappa shape index (κ2) is 5.09. The van der Waals surface area contributed by atoms with E-state index in [9.17, 15) is 4.39 Å². The number of benzene rings is 1. The fraction of sp³-hybridized carbons (Fsp3) is 0.267. The summed E-state index contributed by atoms with van der Waals surface area (Å²) in [6.45, 7) is 4.38. The molecule has 1 aromatic heterocycles. The van der Waals surface area contributed by atoms with Crippen LogP contribution in [0.3, 0.4) is 0 Å². The molecule has 1 nitrogen and oxygen atoms in total. The van der Waals surface area contributed by atoms with Crippen molar-refractivity contribution in [1.82, 2.24) is 4.98 Å². The zero-order chi connectivity index (χ0) is 12.3. The SMILES string of the molecule is CC(C)Cc1cccc(-c2cc(F)ccn2)c1. The average molecular weight is 229 g/mol. The minimum Gasteiger partial charge on any atom is -0.256 e. The van der Waals surface area contributed by atoms with E-state index in [1.54, 1.807) is 0 Å². The van der Waals surface area contributed by atoms with E-state index in [1.807, 2.05) is 12.1 Å². The Balaban J connectivity index is 2.33. The standard InChI is InChI=1S/C15H16FN/c1-11(2)8-12-4-3-5-13(9-12)15-10-14(16)6-7-17-15/h3-7,9-11H,8H2,1-2H3. The summed E-state index contributed by atoms with van der Waals surface area (Å²) in [5, 5.41) is 0. The van der Waals surface area contributed by atoms with Crippen molar-refractivity contribution in [3.05, 3.63) is 54.0 Å². The van der Waals surface area contributed by atoms with Gasteiger partial charge in [-0.25, -0.2) is 4.39 Å². The number of aromatic nitrogens is 1. The quantitative estimate of drug-likeness (QED) is 0.772. The number of hydrogen-bond acceptors (Lipinski definition) is 1. The smallest absolute Gasteiger partial charge is 0.126 e. The highest BCUT2D eigenvalue weighted by Crippen LogP contribution is 2.20. The van der Waals surface area contributed by atoms with Crippen LogP contribution in [0.15, 0.2) is 42.6 Å². The Labute approximate surface area is 101 Å². The van der Waals surface area contributed by atoms with E-state index >= 15 is 0 Å². The molecule has 1 aromatic carbocycles. The Morgan fingerprint density at radius 3 is 2.71 bits per heavy atom. The van der Waals surface area contributed by atoms with E-state index in [4.69, 9.17) is 0 Å². The first-order valence-electron chi connectivity index (χ1n) is 5.86. The Morgan fingerprint density at radius 1 is 1.18 bits per heavy atom. The van der Waals surface area contributed by atoms with Crippen molar-refractivity contribution in [2.75, 3.05) is 0 Å². The van der Waals surface area contributed by atoms with Gasteiger partial charge in [-0.2, -0.15) is 0 Å². The third kappa shape index (κ3) is 3.13. The molecule has 2 aromatic rings. The fourth-order valence-corrected chi connectivity index (χ4v) is 1.89. The van der Waals surface area contributed by atoms with Crippen molar-refractivity contribution < 1.29 is 4.39 Å². The topological polar surface area (TPSA) is 12.9 Å². The fourth-order valence-electron chi connectivity index (χ4n) is 1.89. The van der Waals surface area contributed by atoms with Gasteiger partial charge in [0.05, 0.1) is 5.69 Å². The Kier molecular flexibility index (Phi) is 3.52. The van der Waals surface area contributed by atoms with E-state index in [2.05, 4.69) is 31.0 Å². The van der Waals surface area contributed by atoms with Gasteiger partial charge < -0.3 is 0 Å². The maximum absolute atomic E-state index is 13.1. The molecule has 0 aliphatic heterocycles. The molecular formula is C15H16FN. The van der Waals surface area contributed by atoms with Gasteiger partial charge in [0.15, 0.2) is 0 Å². The lowest BCUT2D eigenvalue weighted by Crippen LogP contribution is -1.94. The van der Waals surface area contributed by atoms with Crippen LogP contribution in [0.2, 0.25) is 0 Å². The van der Waals surface area contributed by atoms with Crippen LogP contribution in [0.4, 0.5) is 4.39 Å². The summed E-state index contributed by atoms with van der Waals surface area (Å²) in [7, 11) is 0. The van der Waals surface area contributed by atoms with Crippen LogP contribution in [0.5, 0.6) is 0 Å². The molecule has 0 saturated heterocycles. The van der Waals surface area contributed by atoms with E-state index in [1.165, 1.54) is 23.9 Å². The molecule has 0 bridgehead atoms. The van der Waals surface area contributed by atoms with Crippen LogP contribution >= 0.6 is 0 Å². The molecule has 0 atom stereocenters. The monoisotopic (exact) mass is 229 g/mol. The molecule has 0 aliphatic carbocycles. The summed E-state index contributed by atoms with van der Waals surface area (Å²) in [4.78, 5) is 4.19. The molecule has 2 heteroatoms. The normalized spacial score (nSPS) is 10.8. The number of nitrogens with zero attached hydrogens (tertiary/aromatic N) is 1. The van der Waals surface area contributed by atoms with Gasteiger partial charge in [-0.3, -0.25) is 4.98 Å². The van der Waals surface area contributed by atoms with Crippen LogP contribution in [-0.4, -0.2) is 4.98 Å². The predicted molar refractivity (Wildman–Crippen MR) is 68.2 cm³/mol. The molecule has 0 amide bonds. The Bertz CT molecular complexity index is 506. The van der Waals surface area contributed by atoms with Crippen LogP contribution < -0.4 is 0 Å². The van der Waals surface area contributed by atoms with Gasteiger partial charge in [-0.1, -0.05) is 32.0 Å². The van der Waals surface area contributed by atoms with E-state index in [0.717, 1.165) is 12.0 Å². The van der Waals surface area contributed by atoms with Crippen molar-refractivity contribution in [3.8, 4) is 11.3 Å². The summed E-state index contributed by atoms with van der Waals surface area (Å²) in [6, 6.07) is 11.0. The minimum atomic E-state index is -0.246. The third-order valence-corrected chi connectivity index (χ3v) is 2.59. The second-order valence-corrected chi connectivity index (χ2v) is 4.66. The molecule has 0 radical (unpaired) electrons. The van der Waals surface area contributed by atoms with E-state index in [-0.39, 0.29) is 5.82 Å². The van der Waals surface area contributed by atoms with Crippen LogP contribution in [0, 0.1) is 11.7 Å². The number of rotatable bonds is 3. The molecule has 0 unspecified atom stereocenters. The first-order chi connectivity index (χ1) is 8.15. The van der Waals surface area contributed by atoms with Gasteiger partial charge >= 0.3 is 0 Å². The first kappa shape index (κ1) is 11.8. The molecule has 0 spiro atoms. The highest BCUT2D eigenvalue weighted by Gasteiger charge is 2.03. The number of pyridine rings is 1. The summed E-state index contributed by atoms with van der Waals surface area (Å²) in [5.74, 6) is 0.370. The molecule has 17 heavy (non-hydrogen) atoms. The molecule has 0 N–H and O–H groups in total. The molecule has 0 aliphatic rings. The lowest BCUT2D eigenvalue weighted by molar-refractivity contribution is 0.626. The Hall–Kier alpha value is -1.70. The van der Waals surface area contributed by atoms with Crippen molar-refractivity contribution >= 4 is 0 Å². The number of halogens is 1. The van der Waals surface area contributed by atoms with Gasteiger partial charge in [0, 0.05) is 17.8 Å². The molecule has 0 fully saturated rings. The van der Waals surface area contributed by atoms with Crippen LogP contribution in [0.25, 0.3) is 11.3 Å². The number of hydrogen-bond donors (Lipinski definition) is 0. The predicted octanol–water partition coefficient (Wildman–Crippen LogP) is 4.09. The molecular weight excluding hydrogens is 213 g/mol. The van der Waals surface area contributed by atoms with Crippen LogP contribution in [0.1, 0.15) is 19.4 Å². The van der Waals surface area contributed by atoms with Crippen LogP contribution in [-0.2, 0) is 6.42 Å². The lowest BCUT2D eigenvalue weighted by atomic mass is 10.00. The maximum atomic E-state index is 13.1. The first-order valence-corrected chi connectivity index (χ1v) is 5.86. The highest BCUT2D eigenvalue weighted by molar-refractivity contribution is 5.59. The lowest BCUT2D eigenvalue weighted by Gasteiger charge is -2.07. The van der Waals surface area contributed by atoms with Crippen molar-refractivity contribution in [2.24, 2.45) is 5.92 Å². The van der Waals surface area contributed by atoms with Gasteiger partial charge in [-0.15, -0.1) is 0 Å². The largest absolute Gasteiger partial charge is 0.256 e. The second-order valence-electron chi connectivity index (χ2n) is 4.66. The zero-order valence-corrected chi connectivity index (χ0v) is 10.2. The molecule has 1 heterocycles. The van der Waals surface area contributed by atoms with E-state index in [0.29, 0.717) is 11.6 Å². The van der Waals surface area contributed by atoms with Gasteiger partial charge in [0.25, 0.3) is 0 Å². The van der Waals surface area contributed by atoms with Crippen molar-refractivity contribution in [1.29, 1.82) is 0 Å². The van der Waals surface area contributed by atoms with Gasteiger partial charge in [0.2, 0.25) is 0 Å². The van der Waals surface area contributed by atoms with Crippen molar-refractivity contribution in [3.63, 3.8) is 0 Å². The average Bonchev–Trinajstić information content (AvgIpc) is 2.28. The molecule has 88 valence electrons. The summed E-state index contributed by atoms with van der Waals surface area (Å²) < 4.78 is 13.1. The van der Waals surface area contributed by atoms with Gasteiger partial charge in [0.1, 0.15) is 5.82 Å². The minimum absolute atomic E-state index is 0.246. The van der Waals surface area contributed by atoms with Crippen molar-refractivity contribution in [2.45, 2.75) is 20.3 Å². The van der Waals surface area contributed by atoms with Gasteiger partial charge in [-0.05, 0) is 30.0 Å². The summed E-state index contributed by atoms with van der Waals surface area (Å²) >= 11 is 0. The highest BCUT2D eigenvalue weighted by atomic mass is 19.1. The Morgan fingerprint density at radius 2 is 2.00 bits per heavy atom. The zero-order valence-electron chi connectivity index (χ0n) is 10.2.